The molecule has 84 heavy (non-hydrogen) atoms. The molecule has 2 amide bonds. The molecule has 8 aliphatic rings. The van der Waals surface area contributed by atoms with Crippen molar-refractivity contribution < 1.29 is 87.8 Å². The van der Waals surface area contributed by atoms with Gasteiger partial charge in [0.15, 0.2) is 17.0 Å². The van der Waals surface area contributed by atoms with E-state index in [9.17, 15) is 49.5 Å². The SMILES string of the molecule is Cc1cc(NC2CCCC2)ccc1F.O=C(N1Cc2cc(C(F)(F)F)ccc2CO1)[C@@]1(C2CC2)CC[C@@H](N2CC[C@@H](Nc3ccc(F)cc3)C2)CO1.O=C1CC[C@@](C(=O)N2Cc3cc(C(F)(F)F)ccc3CO2)(C2CC2)OC1.O=C=O.O=C=O. The molecule has 4 aromatic carbocycles. The number of ketones is 1. The normalized spacial score (nSPS) is 24.1. The molecule has 0 aromatic heterocycles. The van der Waals surface area contributed by atoms with Crippen LogP contribution in [0.1, 0.15) is 122 Å². The molecule has 3 saturated heterocycles. The molecule has 6 fully saturated rings. The number of Topliss-reactive ketones (excluding diaryl/α,β-unsaturated/α-hetero) is 1. The number of amides is 2. The van der Waals surface area contributed by atoms with Crippen LogP contribution >= 0.6 is 0 Å². The van der Waals surface area contributed by atoms with Crippen molar-refractivity contribution in [1.82, 2.24) is 15.0 Å². The molecule has 4 atom stereocenters. The van der Waals surface area contributed by atoms with Crippen molar-refractivity contribution >= 4 is 41.3 Å². The van der Waals surface area contributed by atoms with Crippen molar-refractivity contribution in [2.24, 2.45) is 11.8 Å². The van der Waals surface area contributed by atoms with Crippen LogP contribution in [0.3, 0.4) is 0 Å². The molecule has 5 aliphatic heterocycles. The Morgan fingerprint density at radius 3 is 1.57 bits per heavy atom. The maximum absolute atomic E-state index is 13.8. The van der Waals surface area contributed by atoms with Crippen LogP contribution in [0, 0.1) is 30.4 Å². The number of rotatable bonds is 9. The van der Waals surface area contributed by atoms with Gasteiger partial charge in [-0.1, -0.05) is 25.0 Å². The van der Waals surface area contributed by atoms with Crippen molar-refractivity contribution in [3.8, 4) is 0 Å². The molecule has 16 nitrogen and oxygen atoms in total. The van der Waals surface area contributed by atoms with Crippen LogP contribution in [-0.2, 0) is 91.4 Å². The average Bonchev–Trinajstić information content (AvgIpc) is 4.62. The van der Waals surface area contributed by atoms with Crippen LogP contribution in [0.15, 0.2) is 78.9 Å². The molecule has 452 valence electrons. The summed E-state index contributed by atoms with van der Waals surface area (Å²) in [5.74, 6) is -0.962. The van der Waals surface area contributed by atoms with E-state index in [0.717, 1.165) is 92.3 Å². The minimum absolute atomic E-state index is 0.0256. The third kappa shape index (κ3) is 15.7. The molecule has 24 heteroatoms. The Labute approximate surface area is 479 Å². The second-order valence-electron chi connectivity index (χ2n) is 22.2. The summed E-state index contributed by atoms with van der Waals surface area (Å²) in [6, 6.07) is 19.7. The van der Waals surface area contributed by atoms with Gasteiger partial charge in [-0.2, -0.15) is 45.5 Å². The molecule has 0 spiro atoms. The molecule has 0 bridgehead atoms. The number of anilines is 2. The van der Waals surface area contributed by atoms with E-state index in [0.29, 0.717) is 53.3 Å². The smallest absolute Gasteiger partial charge is 0.382 e. The predicted octanol–water partition coefficient (Wildman–Crippen LogP) is 10.5. The number of carbonyl (C=O) groups is 3. The van der Waals surface area contributed by atoms with E-state index >= 15 is 0 Å². The number of fused-ring (bicyclic) bond motifs is 2. The molecule has 4 aromatic rings. The number of nitrogens with zero attached hydrogens (tertiary/aromatic N) is 3. The van der Waals surface area contributed by atoms with E-state index in [4.69, 9.17) is 38.3 Å². The Morgan fingerprint density at radius 1 is 0.595 bits per heavy atom. The van der Waals surface area contributed by atoms with Gasteiger partial charge in [0.2, 0.25) is 0 Å². The molecule has 0 unspecified atom stereocenters. The highest BCUT2D eigenvalue weighted by atomic mass is 19.4. The zero-order chi connectivity index (χ0) is 60.4. The van der Waals surface area contributed by atoms with E-state index in [1.54, 1.807) is 19.1 Å². The molecule has 5 heterocycles. The number of nitrogens with one attached hydrogen (secondary N) is 2. The van der Waals surface area contributed by atoms with Crippen LogP contribution in [0.5, 0.6) is 0 Å². The Balaban J connectivity index is 0.000000172. The molecule has 0 radical (unpaired) electrons. The van der Waals surface area contributed by atoms with Crippen LogP contribution in [-0.4, -0.2) is 101 Å². The van der Waals surface area contributed by atoms with E-state index in [2.05, 4.69) is 15.5 Å². The van der Waals surface area contributed by atoms with Gasteiger partial charge in [-0.3, -0.25) is 29.0 Å². The van der Waals surface area contributed by atoms with E-state index < -0.39 is 40.6 Å². The van der Waals surface area contributed by atoms with Crippen molar-refractivity contribution in [2.45, 2.75) is 158 Å². The Hall–Kier alpha value is -6.91. The highest BCUT2D eigenvalue weighted by Crippen LogP contribution is 2.50. The maximum Gasteiger partial charge on any atom is 0.416 e. The van der Waals surface area contributed by atoms with Gasteiger partial charge in [0.25, 0.3) is 11.8 Å². The summed E-state index contributed by atoms with van der Waals surface area (Å²) in [6.07, 6.45) is 3.09. The number of carbonyl (C=O) groups excluding carboxylic acids is 7. The minimum atomic E-state index is -4.44. The summed E-state index contributed by atoms with van der Waals surface area (Å²) in [6.45, 7) is 3.85. The third-order valence-corrected chi connectivity index (χ3v) is 16.6. The molecule has 3 aliphatic carbocycles. The number of ether oxygens (including phenoxy) is 2. The number of hydrogen-bond acceptors (Lipinski definition) is 14. The molecule has 2 N–H and O–H groups in total. The summed E-state index contributed by atoms with van der Waals surface area (Å²) in [7, 11) is 0. The summed E-state index contributed by atoms with van der Waals surface area (Å²) in [5, 5.41) is 9.24. The van der Waals surface area contributed by atoms with Crippen LogP contribution in [0.2, 0.25) is 0 Å². The summed E-state index contributed by atoms with van der Waals surface area (Å²) < 4.78 is 117. The fourth-order valence-corrected chi connectivity index (χ4v) is 11.8. The van der Waals surface area contributed by atoms with Gasteiger partial charge in [-0.15, -0.1) is 0 Å². The van der Waals surface area contributed by atoms with Crippen LogP contribution < -0.4 is 10.6 Å². The molecule has 12 rings (SSSR count). The highest BCUT2D eigenvalue weighted by Gasteiger charge is 2.58. The minimum Gasteiger partial charge on any atom is -0.382 e. The van der Waals surface area contributed by atoms with Crippen molar-refractivity contribution in [1.29, 1.82) is 0 Å². The summed E-state index contributed by atoms with van der Waals surface area (Å²) in [5.41, 5.74) is 1.26. The highest BCUT2D eigenvalue weighted by molar-refractivity contribution is 5.89. The zero-order valence-electron chi connectivity index (χ0n) is 46.1. The van der Waals surface area contributed by atoms with Gasteiger partial charge < -0.3 is 20.1 Å². The van der Waals surface area contributed by atoms with Gasteiger partial charge >= 0.3 is 24.7 Å². The van der Waals surface area contributed by atoms with E-state index in [1.165, 1.54) is 61.1 Å². The summed E-state index contributed by atoms with van der Waals surface area (Å²) in [4.78, 5) is 84.5. The first-order valence-electron chi connectivity index (χ1n) is 27.9. The number of benzene rings is 4. The Kier molecular flexibility index (Phi) is 20.6. The average molecular weight is 1180 g/mol. The quantitative estimate of drug-likeness (QED) is 0.151. The van der Waals surface area contributed by atoms with Gasteiger partial charge in [0, 0.05) is 49.0 Å². The lowest BCUT2D eigenvalue weighted by molar-refractivity contribution is -0.230. The van der Waals surface area contributed by atoms with Crippen molar-refractivity contribution in [2.75, 3.05) is 36.9 Å². The monoisotopic (exact) mass is 1180 g/mol. The Morgan fingerprint density at radius 2 is 1.11 bits per heavy atom. The van der Waals surface area contributed by atoms with Crippen LogP contribution in [0.4, 0.5) is 46.5 Å². The third-order valence-electron chi connectivity index (χ3n) is 16.6. The van der Waals surface area contributed by atoms with Gasteiger partial charge in [0.05, 0.1) is 30.8 Å². The first-order valence-corrected chi connectivity index (χ1v) is 27.9. The molecular weight excluding hydrogens is 1120 g/mol. The Bertz CT molecular complexity index is 3000. The molecular formula is C60H65F8N5O11. The topological polar surface area (TPSA) is 190 Å². The fraction of sp³-hybridized carbons (Fsp3) is 0.517. The van der Waals surface area contributed by atoms with Crippen molar-refractivity contribution in [3.05, 3.63) is 129 Å². The first kappa shape index (κ1) is 63.1. The largest absolute Gasteiger partial charge is 0.416 e. The molecule has 3 saturated carbocycles. The number of likely N-dealkylation sites (tertiary alicyclic amines) is 1. The zero-order valence-corrected chi connectivity index (χ0v) is 46.1. The second kappa shape index (κ2) is 27.4. The van der Waals surface area contributed by atoms with E-state index in [-0.39, 0.29) is 98.9 Å². The second-order valence-corrected chi connectivity index (χ2v) is 22.2. The number of alkyl halides is 6. The lowest BCUT2D eigenvalue weighted by Crippen LogP contribution is -2.57. The lowest BCUT2D eigenvalue weighted by atomic mass is 9.85. The van der Waals surface area contributed by atoms with Gasteiger partial charge in [0.1, 0.15) is 31.5 Å². The van der Waals surface area contributed by atoms with Gasteiger partial charge in [-0.05, 0) is 178 Å². The van der Waals surface area contributed by atoms with Crippen molar-refractivity contribution in [3.63, 3.8) is 0 Å². The number of hydrogen-bond donors (Lipinski definition) is 2. The first-order chi connectivity index (χ1) is 40.1. The predicted molar refractivity (Wildman–Crippen MR) is 281 cm³/mol. The number of halogens is 8. The van der Waals surface area contributed by atoms with Gasteiger partial charge in [-0.25, -0.2) is 18.9 Å². The number of aryl methyl sites for hydroxylation is 1. The van der Waals surface area contributed by atoms with E-state index in [1.807, 2.05) is 12.1 Å². The summed E-state index contributed by atoms with van der Waals surface area (Å²) >= 11 is 0. The fourth-order valence-electron chi connectivity index (χ4n) is 11.8. The van der Waals surface area contributed by atoms with Crippen LogP contribution in [0.25, 0.3) is 0 Å². The standard InChI is InChI=1S/C28H31F4N3O3.C18H18F3NO4.C12H16FN.2CO2/c29-22-5-7-23(8-6-22)33-24-10-12-34(15-24)25-9-11-27(37-17-25,20-3-4-20)26(36)35-14-19-13-21(28(30,31)32)2-1-18(19)16-38-35;19-18(20,21)14-2-1-11-9-26-22(8-12(11)7-14)16(24)17(13-3-4-13)6-5-15(23)10-25-17;1-9-8-11(6-7-12(9)13)14-10-4-2-3-5-10;2*2-1-3/h1-2,5-8,13,20,24-25,33H,3-4,9-12,14-17H2;1-2,7,13H,3-6,8-10H2;6-8,10,14H,2-5H2,1H3;;/t24-,25-,27+;17-;;;/m10.../s1. The maximum atomic E-state index is 13.8. The number of hydroxylamine groups is 4. The lowest BCUT2D eigenvalue weighted by Gasteiger charge is -2.44.